The van der Waals surface area contributed by atoms with Crippen LogP contribution in [0.4, 0.5) is 0 Å². The number of hydrogen-bond acceptors (Lipinski definition) is 3. The summed E-state index contributed by atoms with van der Waals surface area (Å²) >= 11 is 0. The van der Waals surface area contributed by atoms with Gasteiger partial charge in [0.15, 0.2) is 0 Å². The quantitative estimate of drug-likeness (QED) is 0.455. The van der Waals surface area contributed by atoms with E-state index in [1.165, 1.54) is 24.5 Å². The fraction of sp³-hybridized carbons (Fsp3) is 1.00. The van der Waals surface area contributed by atoms with Gasteiger partial charge >= 0.3 is 0 Å². The first kappa shape index (κ1) is 10.7. The summed E-state index contributed by atoms with van der Waals surface area (Å²) in [4.78, 5) is 2.22. The molecule has 0 N–H and O–H groups in total. The van der Waals surface area contributed by atoms with Crippen LogP contribution in [0, 0.1) is 0 Å². The van der Waals surface area contributed by atoms with Crippen LogP contribution in [0.25, 0.3) is 0 Å². The summed E-state index contributed by atoms with van der Waals surface area (Å²) in [6.07, 6.45) is 1.29. The molecule has 0 fully saturated rings. The molecule has 0 unspecified atom stereocenters. The second-order valence-electron chi connectivity index (χ2n) is 2.45. The molecule has 0 saturated heterocycles. The van der Waals surface area contributed by atoms with E-state index in [4.69, 9.17) is 0 Å². The van der Waals surface area contributed by atoms with Gasteiger partial charge in [-0.1, -0.05) is 28.5 Å². The topological polar surface area (TPSA) is 3.24 Å². The van der Waals surface area contributed by atoms with Gasteiger partial charge in [0.1, 0.15) is 0 Å². The molecule has 0 aromatic carbocycles. The SMILES string of the molecule is CCCSSCCN(C)C. The maximum Gasteiger partial charge on any atom is 0.0165 e. The normalized spacial score (nSPS) is 10.8. The first-order valence-corrected chi connectivity index (χ1v) is 6.15. The van der Waals surface area contributed by atoms with Crippen molar-refractivity contribution >= 4 is 21.6 Å². The third-order valence-electron chi connectivity index (χ3n) is 0.993. The van der Waals surface area contributed by atoms with Gasteiger partial charge in [-0.3, -0.25) is 0 Å². The standard InChI is InChI=1S/C7H17NS2/c1-4-6-9-10-7-5-8(2)3/h4-7H2,1-3H3. The van der Waals surface area contributed by atoms with E-state index >= 15 is 0 Å². The van der Waals surface area contributed by atoms with Gasteiger partial charge in [-0.15, -0.1) is 0 Å². The summed E-state index contributed by atoms with van der Waals surface area (Å²) in [6, 6.07) is 0. The minimum absolute atomic E-state index is 1.20. The summed E-state index contributed by atoms with van der Waals surface area (Å²) in [5.74, 6) is 2.54. The Morgan fingerprint density at radius 1 is 1.10 bits per heavy atom. The van der Waals surface area contributed by atoms with Crippen LogP contribution in [0.15, 0.2) is 0 Å². The van der Waals surface area contributed by atoms with Crippen LogP contribution in [0.1, 0.15) is 13.3 Å². The smallest absolute Gasteiger partial charge is 0.0165 e. The molecule has 0 aliphatic rings. The number of nitrogens with zero attached hydrogens (tertiary/aromatic N) is 1. The van der Waals surface area contributed by atoms with Gasteiger partial charge < -0.3 is 4.90 Å². The minimum atomic E-state index is 1.20. The van der Waals surface area contributed by atoms with Crippen molar-refractivity contribution in [3.8, 4) is 0 Å². The molecular formula is C7H17NS2. The Balaban J connectivity index is 2.77. The van der Waals surface area contributed by atoms with Crippen LogP contribution in [0.5, 0.6) is 0 Å². The van der Waals surface area contributed by atoms with Gasteiger partial charge in [-0.2, -0.15) is 0 Å². The molecule has 0 heterocycles. The molecule has 0 bridgehead atoms. The zero-order valence-electron chi connectivity index (χ0n) is 7.09. The van der Waals surface area contributed by atoms with Crippen LogP contribution in [-0.2, 0) is 0 Å². The molecule has 62 valence electrons. The highest BCUT2D eigenvalue weighted by Crippen LogP contribution is 2.20. The third-order valence-corrected chi connectivity index (χ3v) is 3.58. The minimum Gasteiger partial charge on any atom is -0.309 e. The van der Waals surface area contributed by atoms with Crippen molar-refractivity contribution in [3.63, 3.8) is 0 Å². The fourth-order valence-corrected chi connectivity index (χ4v) is 2.69. The Kier molecular flexibility index (Phi) is 8.28. The van der Waals surface area contributed by atoms with E-state index < -0.39 is 0 Å². The van der Waals surface area contributed by atoms with E-state index in [2.05, 4.69) is 25.9 Å². The van der Waals surface area contributed by atoms with E-state index in [0.717, 1.165) is 0 Å². The second-order valence-corrected chi connectivity index (χ2v) is 5.15. The van der Waals surface area contributed by atoms with Crippen LogP contribution < -0.4 is 0 Å². The molecule has 1 nitrogen and oxygen atoms in total. The van der Waals surface area contributed by atoms with Crippen molar-refractivity contribution in [1.82, 2.24) is 4.90 Å². The highest BCUT2D eigenvalue weighted by molar-refractivity contribution is 8.76. The first-order valence-electron chi connectivity index (χ1n) is 3.66. The zero-order valence-corrected chi connectivity index (χ0v) is 8.73. The Morgan fingerprint density at radius 2 is 1.70 bits per heavy atom. The molecule has 10 heavy (non-hydrogen) atoms. The zero-order chi connectivity index (χ0) is 7.82. The molecular weight excluding hydrogens is 162 g/mol. The van der Waals surface area contributed by atoms with Crippen molar-refractivity contribution in [2.45, 2.75) is 13.3 Å². The van der Waals surface area contributed by atoms with Crippen LogP contribution in [-0.4, -0.2) is 37.0 Å². The lowest BCUT2D eigenvalue weighted by Gasteiger charge is -2.07. The summed E-state index contributed by atoms with van der Waals surface area (Å²) in [6.45, 7) is 3.42. The molecule has 0 rings (SSSR count). The lowest BCUT2D eigenvalue weighted by molar-refractivity contribution is 0.438. The molecule has 0 saturated carbocycles. The van der Waals surface area contributed by atoms with Crippen LogP contribution in [0.2, 0.25) is 0 Å². The molecule has 0 amide bonds. The molecule has 3 heteroatoms. The van der Waals surface area contributed by atoms with Gasteiger partial charge in [-0.05, 0) is 20.5 Å². The predicted molar refractivity (Wildman–Crippen MR) is 53.8 cm³/mol. The summed E-state index contributed by atoms with van der Waals surface area (Å²) in [5.41, 5.74) is 0. The summed E-state index contributed by atoms with van der Waals surface area (Å²) in [7, 11) is 8.20. The van der Waals surface area contributed by atoms with E-state index in [-0.39, 0.29) is 0 Å². The molecule has 0 radical (unpaired) electrons. The van der Waals surface area contributed by atoms with Crippen molar-refractivity contribution in [1.29, 1.82) is 0 Å². The molecule has 0 aromatic heterocycles. The molecule has 0 spiro atoms. The number of hydrogen-bond donors (Lipinski definition) is 0. The lowest BCUT2D eigenvalue weighted by Crippen LogP contribution is -2.14. The predicted octanol–water partition coefficient (Wildman–Crippen LogP) is 2.34. The van der Waals surface area contributed by atoms with Crippen LogP contribution >= 0.6 is 21.6 Å². The highest BCUT2D eigenvalue weighted by Gasteiger charge is 1.90. The van der Waals surface area contributed by atoms with Crippen molar-refractivity contribution in [2.75, 3.05) is 32.1 Å². The third kappa shape index (κ3) is 8.66. The monoisotopic (exact) mass is 179 g/mol. The van der Waals surface area contributed by atoms with E-state index in [1.54, 1.807) is 0 Å². The number of rotatable bonds is 6. The van der Waals surface area contributed by atoms with Gasteiger partial charge in [0.2, 0.25) is 0 Å². The maximum atomic E-state index is 2.22. The van der Waals surface area contributed by atoms with E-state index in [1.807, 2.05) is 21.6 Å². The van der Waals surface area contributed by atoms with Crippen molar-refractivity contribution in [2.24, 2.45) is 0 Å². The molecule has 0 atom stereocenters. The van der Waals surface area contributed by atoms with Crippen LogP contribution in [0.3, 0.4) is 0 Å². The summed E-state index contributed by atoms with van der Waals surface area (Å²) < 4.78 is 0. The van der Waals surface area contributed by atoms with E-state index in [9.17, 15) is 0 Å². The van der Waals surface area contributed by atoms with Crippen molar-refractivity contribution in [3.05, 3.63) is 0 Å². The average molecular weight is 179 g/mol. The summed E-state index contributed by atoms with van der Waals surface area (Å²) in [5, 5.41) is 0. The Hall–Kier alpha value is 0.660. The highest BCUT2D eigenvalue weighted by atomic mass is 33.1. The van der Waals surface area contributed by atoms with Crippen molar-refractivity contribution < 1.29 is 0 Å². The maximum absolute atomic E-state index is 2.22. The molecule has 0 aliphatic carbocycles. The van der Waals surface area contributed by atoms with Gasteiger partial charge in [0.05, 0.1) is 0 Å². The molecule has 0 aromatic rings. The van der Waals surface area contributed by atoms with Gasteiger partial charge in [0.25, 0.3) is 0 Å². The fourth-order valence-electron chi connectivity index (χ4n) is 0.421. The largest absolute Gasteiger partial charge is 0.309 e. The van der Waals surface area contributed by atoms with Gasteiger partial charge in [-0.25, -0.2) is 0 Å². The second kappa shape index (κ2) is 7.76. The van der Waals surface area contributed by atoms with Gasteiger partial charge in [0, 0.05) is 18.1 Å². The van der Waals surface area contributed by atoms with E-state index in [0.29, 0.717) is 0 Å². The Bertz CT molecular complexity index is 66.6. The Morgan fingerprint density at radius 3 is 2.20 bits per heavy atom. The first-order chi connectivity index (χ1) is 4.77. The Labute approximate surface area is 72.3 Å². The lowest BCUT2D eigenvalue weighted by atomic mass is 10.6. The molecule has 0 aliphatic heterocycles. The average Bonchev–Trinajstić information content (AvgIpc) is 1.87.